The zero-order valence-electron chi connectivity index (χ0n) is 15.0. The highest BCUT2D eigenvalue weighted by molar-refractivity contribution is 7.13. The molecule has 136 valence electrons. The summed E-state index contributed by atoms with van der Waals surface area (Å²) in [7, 11) is 3.54. The van der Waals surface area contributed by atoms with Gasteiger partial charge in [0, 0.05) is 44.8 Å². The summed E-state index contributed by atoms with van der Waals surface area (Å²) < 4.78 is 7.21. The summed E-state index contributed by atoms with van der Waals surface area (Å²) in [5.74, 6) is 1.33. The third-order valence-electron chi connectivity index (χ3n) is 4.39. The second-order valence-electron chi connectivity index (χ2n) is 5.87. The molecule has 2 N–H and O–H groups in total. The molecule has 2 aromatic heterocycles. The van der Waals surface area contributed by atoms with Gasteiger partial charge < -0.3 is 20.3 Å². The molecule has 3 heterocycles. The van der Waals surface area contributed by atoms with E-state index in [0.29, 0.717) is 12.5 Å². The molecule has 0 atom stereocenters. The molecule has 0 aliphatic carbocycles. The van der Waals surface area contributed by atoms with E-state index in [4.69, 9.17) is 10.5 Å². The molecule has 1 saturated heterocycles. The van der Waals surface area contributed by atoms with Crippen molar-refractivity contribution in [3.05, 3.63) is 22.8 Å². The van der Waals surface area contributed by atoms with Gasteiger partial charge in [-0.2, -0.15) is 5.10 Å². The van der Waals surface area contributed by atoms with Crippen molar-refractivity contribution < 1.29 is 4.74 Å². The van der Waals surface area contributed by atoms with Gasteiger partial charge in [-0.3, -0.25) is 0 Å². The summed E-state index contributed by atoms with van der Waals surface area (Å²) in [6.45, 7) is 6.06. The molecule has 1 aliphatic rings. The van der Waals surface area contributed by atoms with E-state index in [1.807, 2.05) is 18.6 Å². The van der Waals surface area contributed by atoms with E-state index in [2.05, 4.69) is 31.8 Å². The van der Waals surface area contributed by atoms with Crippen molar-refractivity contribution in [2.45, 2.75) is 19.9 Å². The van der Waals surface area contributed by atoms with Crippen LogP contribution in [0.3, 0.4) is 0 Å². The lowest BCUT2D eigenvalue weighted by atomic mass is 10.2. The summed E-state index contributed by atoms with van der Waals surface area (Å²) >= 11 is 1.67. The Labute approximate surface area is 151 Å². The molecule has 0 radical (unpaired) electrons. The minimum absolute atomic E-state index is 0.485. The monoisotopic (exact) mass is 363 g/mol. The third-order valence-corrected chi connectivity index (χ3v) is 5.22. The maximum atomic E-state index is 6.23. The second kappa shape index (κ2) is 7.73. The first-order valence-corrected chi connectivity index (χ1v) is 9.30. The van der Waals surface area contributed by atoms with Crippen molar-refractivity contribution >= 4 is 22.4 Å². The van der Waals surface area contributed by atoms with Gasteiger partial charge in [-0.05, 0) is 6.42 Å². The molecule has 1 fully saturated rings. The van der Waals surface area contributed by atoms with Crippen molar-refractivity contribution in [2.75, 3.05) is 38.2 Å². The van der Waals surface area contributed by atoms with Crippen LogP contribution >= 0.6 is 11.3 Å². The molecular weight excluding hydrogens is 338 g/mol. The third kappa shape index (κ3) is 3.71. The van der Waals surface area contributed by atoms with Gasteiger partial charge in [0.05, 0.1) is 24.9 Å². The first-order chi connectivity index (χ1) is 12.1. The first kappa shape index (κ1) is 17.5. The van der Waals surface area contributed by atoms with Gasteiger partial charge in [-0.1, -0.05) is 6.92 Å². The number of rotatable bonds is 5. The molecule has 0 amide bonds. The molecule has 0 saturated carbocycles. The lowest BCUT2D eigenvalue weighted by molar-refractivity contribution is 0.368. The Morgan fingerprint density at radius 1 is 1.36 bits per heavy atom. The molecule has 8 nitrogen and oxygen atoms in total. The van der Waals surface area contributed by atoms with Crippen LogP contribution in [-0.4, -0.2) is 58.9 Å². The van der Waals surface area contributed by atoms with Crippen LogP contribution in [-0.2, 0) is 20.0 Å². The molecule has 9 heteroatoms. The van der Waals surface area contributed by atoms with Crippen LogP contribution in [0.1, 0.15) is 18.2 Å². The SMILES string of the molecule is CCc1nn(C)c(OC)c1CN=C(N)N1CCN(c2nccs2)CC1. The Morgan fingerprint density at radius 3 is 2.72 bits per heavy atom. The van der Waals surface area contributed by atoms with E-state index in [-0.39, 0.29) is 0 Å². The van der Waals surface area contributed by atoms with Crippen LogP contribution in [0.2, 0.25) is 0 Å². The van der Waals surface area contributed by atoms with Gasteiger partial charge >= 0.3 is 0 Å². The summed E-state index contributed by atoms with van der Waals surface area (Å²) in [6, 6.07) is 0. The molecule has 0 spiro atoms. The molecule has 1 aliphatic heterocycles. The average molecular weight is 363 g/mol. The van der Waals surface area contributed by atoms with Crippen LogP contribution in [0.4, 0.5) is 5.13 Å². The van der Waals surface area contributed by atoms with Crippen molar-refractivity contribution in [3.63, 3.8) is 0 Å². The Morgan fingerprint density at radius 2 is 2.12 bits per heavy atom. The van der Waals surface area contributed by atoms with Crippen LogP contribution in [0.15, 0.2) is 16.6 Å². The summed E-state index contributed by atoms with van der Waals surface area (Å²) in [5, 5.41) is 7.56. The summed E-state index contributed by atoms with van der Waals surface area (Å²) in [5.41, 5.74) is 8.24. The van der Waals surface area contributed by atoms with E-state index in [1.165, 1.54) is 0 Å². The van der Waals surface area contributed by atoms with Crippen LogP contribution < -0.4 is 15.4 Å². The Balaban J connectivity index is 1.63. The minimum atomic E-state index is 0.485. The average Bonchev–Trinajstić information content (AvgIpc) is 3.27. The predicted octanol–water partition coefficient (Wildman–Crippen LogP) is 1.08. The Bertz CT molecular complexity index is 717. The number of thiazole rings is 1. The van der Waals surface area contributed by atoms with Crippen molar-refractivity contribution in [1.82, 2.24) is 19.7 Å². The number of nitrogens with zero attached hydrogens (tertiary/aromatic N) is 6. The van der Waals surface area contributed by atoms with Crippen LogP contribution in [0, 0.1) is 0 Å². The second-order valence-corrected chi connectivity index (χ2v) is 6.75. The molecule has 0 unspecified atom stereocenters. The molecule has 2 aromatic rings. The number of anilines is 1. The smallest absolute Gasteiger partial charge is 0.216 e. The number of piperazine rings is 1. The van der Waals surface area contributed by atoms with Gasteiger partial charge in [0.25, 0.3) is 0 Å². The highest BCUT2D eigenvalue weighted by Gasteiger charge is 2.20. The summed E-state index contributed by atoms with van der Waals surface area (Å²) in [4.78, 5) is 13.4. The summed E-state index contributed by atoms with van der Waals surface area (Å²) in [6.07, 6.45) is 2.68. The van der Waals surface area contributed by atoms with Gasteiger partial charge in [0.2, 0.25) is 5.88 Å². The van der Waals surface area contributed by atoms with Gasteiger partial charge in [-0.15, -0.1) is 11.3 Å². The molecule has 0 aromatic carbocycles. The van der Waals surface area contributed by atoms with E-state index in [0.717, 1.165) is 54.9 Å². The molecule has 25 heavy (non-hydrogen) atoms. The number of ether oxygens (including phenoxy) is 1. The van der Waals surface area contributed by atoms with Gasteiger partial charge in [-0.25, -0.2) is 14.7 Å². The maximum absolute atomic E-state index is 6.23. The number of nitrogens with two attached hydrogens (primary N) is 1. The maximum Gasteiger partial charge on any atom is 0.216 e. The topological polar surface area (TPSA) is 84.8 Å². The number of methoxy groups -OCH3 is 1. The van der Waals surface area contributed by atoms with Crippen molar-refractivity contribution in [3.8, 4) is 5.88 Å². The number of aromatic nitrogens is 3. The van der Waals surface area contributed by atoms with Crippen LogP contribution in [0.25, 0.3) is 0 Å². The lowest BCUT2D eigenvalue weighted by Crippen LogP contribution is -2.51. The number of aliphatic imine (C=N–C) groups is 1. The highest BCUT2D eigenvalue weighted by atomic mass is 32.1. The van der Waals surface area contributed by atoms with Gasteiger partial charge in [0.15, 0.2) is 11.1 Å². The number of aryl methyl sites for hydroxylation is 2. The molecule has 3 rings (SSSR count). The van der Waals surface area contributed by atoms with Crippen molar-refractivity contribution in [2.24, 2.45) is 17.8 Å². The molecular formula is C16H25N7OS. The quantitative estimate of drug-likeness (QED) is 0.632. The zero-order chi connectivity index (χ0) is 17.8. The molecule has 0 bridgehead atoms. The minimum Gasteiger partial charge on any atom is -0.481 e. The fourth-order valence-corrected chi connectivity index (χ4v) is 3.76. The fraction of sp³-hybridized carbons (Fsp3) is 0.562. The number of hydrogen-bond donors (Lipinski definition) is 1. The number of hydrogen-bond acceptors (Lipinski definition) is 6. The van der Waals surface area contributed by atoms with E-state index >= 15 is 0 Å². The van der Waals surface area contributed by atoms with E-state index < -0.39 is 0 Å². The highest BCUT2D eigenvalue weighted by Crippen LogP contribution is 2.23. The van der Waals surface area contributed by atoms with Crippen LogP contribution in [0.5, 0.6) is 5.88 Å². The van der Waals surface area contributed by atoms with E-state index in [9.17, 15) is 0 Å². The lowest BCUT2D eigenvalue weighted by Gasteiger charge is -2.35. The predicted molar refractivity (Wildman–Crippen MR) is 100 cm³/mol. The first-order valence-electron chi connectivity index (χ1n) is 8.42. The largest absolute Gasteiger partial charge is 0.481 e. The van der Waals surface area contributed by atoms with Crippen molar-refractivity contribution in [1.29, 1.82) is 0 Å². The standard InChI is InChI=1S/C16H25N7OS/c1-4-13-12(14(24-3)21(2)20-13)11-19-15(17)22-6-8-23(9-7-22)16-18-5-10-25-16/h5,10H,4,6-9,11H2,1-3H3,(H2,17,19). The van der Waals surface area contributed by atoms with E-state index in [1.54, 1.807) is 23.1 Å². The zero-order valence-corrected chi connectivity index (χ0v) is 15.8. The Hall–Kier alpha value is -2.29. The normalized spacial score (nSPS) is 15.7. The fourth-order valence-electron chi connectivity index (χ4n) is 3.06. The van der Waals surface area contributed by atoms with Gasteiger partial charge in [0.1, 0.15) is 0 Å². The number of guanidine groups is 1. The Kier molecular flexibility index (Phi) is 5.42.